The lowest BCUT2D eigenvalue weighted by Gasteiger charge is -2.16. The monoisotopic (exact) mass is 450 g/mol. The van der Waals surface area contributed by atoms with Crippen molar-refractivity contribution in [2.24, 2.45) is 0 Å². The Balaban J connectivity index is 2.09. The molecule has 0 bridgehead atoms. The van der Waals surface area contributed by atoms with E-state index >= 15 is 0 Å². The normalized spacial score (nSPS) is 11.4. The summed E-state index contributed by atoms with van der Waals surface area (Å²) in [6, 6.07) is 8.23. The molecule has 0 aromatic heterocycles. The van der Waals surface area contributed by atoms with Crippen molar-refractivity contribution in [3.63, 3.8) is 0 Å². The number of nitro groups is 1. The molecule has 1 amide bonds. The fourth-order valence-corrected chi connectivity index (χ4v) is 2.64. The largest absolute Gasteiger partial charge is 0.490 e. The van der Waals surface area contributed by atoms with Crippen LogP contribution in [-0.2, 0) is 9.53 Å². The predicted molar refractivity (Wildman–Crippen MR) is 115 cm³/mol. The van der Waals surface area contributed by atoms with E-state index in [0.29, 0.717) is 24.7 Å². The van der Waals surface area contributed by atoms with E-state index in [1.54, 1.807) is 13.0 Å². The number of benzene rings is 2. The molecule has 0 spiro atoms. The van der Waals surface area contributed by atoms with E-state index in [1.165, 1.54) is 31.2 Å². The summed E-state index contributed by atoms with van der Waals surface area (Å²) in [5.41, 5.74) is -0.0154. The van der Waals surface area contributed by atoms with Crippen LogP contribution in [0, 0.1) is 10.1 Å². The number of nitrogens with one attached hydrogen (secondary N) is 1. The Morgan fingerprint density at radius 3 is 2.52 bits per heavy atom. The quantitative estimate of drug-likeness (QED) is 0.319. The van der Waals surface area contributed by atoms with Gasteiger partial charge < -0.3 is 19.5 Å². The average Bonchev–Trinajstić information content (AvgIpc) is 2.74. The van der Waals surface area contributed by atoms with Crippen molar-refractivity contribution in [3.8, 4) is 11.5 Å². The van der Waals surface area contributed by atoms with E-state index in [9.17, 15) is 19.7 Å². The van der Waals surface area contributed by atoms with Gasteiger partial charge in [0, 0.05) is 12.1 Å². The Morgan fingerprint density at radius 1 is 1.13 bits per heavy atom. The zero-order valence-electron chi connectivity index (χ0n) is 17.3. The van der Waals surface area contributed by atoms with E-state index in [-0.39, 0.29) is 22.0 Å². The molecule has 2 rings (SSSR count). The zero-order valence-corrected chi connectivity index (χ0v) is 18.1. The number of hydrogen-bond donors (Lipinski definition) is 1. The number of carbonyl (C=O) groups is 2. The van der Waals surface area contributed by atoms with Crippen LogP contribution in [0.15, 0.2) is 36.4 Å². The van der Waals surface area contributed by atoms with E-state index in [1.807, 2.05) is 6.92 Å². The number of esters is 1. The van der Waals surface area contributed by atoms with Gasteiger partial charge in [-0.05, 0) is 44.5 Å². The molecule has 31 heavy (non-hydrogen) atoms. The Hall–Kier alpha value is -3.33. The molecule has 0 aliphatic carbocycles. The molecule has 0 saturated carbocycles. The lowest BCUT2D eigenvalue weighted by atomic mass is 10.2. The van der Waals surface area contributed by atoms with Gasteiger partial charge in [0.05, 0.1) is 34.4 Å². The minimum absolute atomic E-state index is 0.0415. The number of carbonyl (C=O) groups excluding carboxylic acids is 2. The summed E-state index contributed by atoms with van der Waals surface area (Å²) in [7, 11) is 0. The first-order valence-corrected chi connectivity index (χ1v) is 10.00. The highest BCUT2D eigenvalue weighted by Crippen LogP contribution is 2.29. The van der Waals surface area contributed by atoms with Gasteiger partial charge >= 0.3 is 5.97 Å². The lowest BCUT2D eigenvalue weighted by molar-refractivity contribution is -0.384. The highest BCUT2D eigenvalue weighted by atomic mass is 35.5. The van der Waals surface area contributed by atoms with Gasteiger partial charge in [-0.15, -0.1) is 0 Å². The number of nitro benzene ring substituents is 1. The summed E-state index contributed by atoms with van der Waals surface area (Å²) in [6.07, 6.45) is -0.370. The molecule has 10 heteroatoms. The van der Waals surface area contributed by atoms with Gasteiger partial charge in [0.1, 0.15) is 0 Å². The summed E-state index contributed by atoms with van der Waals surface area (Å²) < 4.78 is 16.3. The Labute approximate surface area is 184 Å². The van der Waals surface area contributed by atoms with Gasteiger partial charge in [0.25, 0.3) is 11.6 Å². The summed E-state index contributed by atoms with van der Waals surface area (Å²) in [4.78, 5) is 35.2. The lowest BCUT2D eigenvalue weighted by Crippen LogP contribution is -2.30. The second-order valence-electron chi connectivity index (χ2n) is 6.40. The van der Waals surface area contributed by atoms with Crippen LogP contribution in [0.5, 0.6) is 11.5 Å². The number of non-ortho nitro benzene ring substituents is 1. The molecule has 1 atom stereocenters. The number of ether oxygens (including phenoxy) is 3. The van der Waals surface area contributed by atoms with Crippen LogP contribution >= 0.6 is 11.6 Å². The predicted octanol–water partition coefficient (Wildman–Crippen LogP) is 4.62. The van der Waals surface area contributed by atoms with Crippen LogP contribution in [0.1, 0.15) is 37.6 Å². The number of hydrogen-bond acceptors (Lipinski definition) is 7. The van der Waals surface area contributed by atoms with Crippen molar-refractivity contribution in [1.82, 2.24) is 0 Å². The minimum Gasteiger partial charge on any atom is -0.490 e. The van der Waals surface area contributed by atoms with E-state index in [2.05, 4.69) is 5.32 Å². The van der Waals surface area contributed by atoms with Crippen LogP contribution < -0.4 is 14.8 Å². The molecule has 0 fully saturated rings. The fraction of sp³-hybridized carbons (Fsp3) is 0.333. The molecular formula is C21H23ClN2O7. The first-order valence-electron chi connectivity index (χ1n) is 9.62. The summed E-state index contributed by atoms with van der Waals surface area (Å²) >= 11 is 5.98. The zero-order chi connectivity index (χ0) is 23.0. The number of halogens is 1. The molecule has 0 radical (unpaired) electrons. The van der Waals surface area contributed by atoms with Crippen LogP contribution in [0.3, 0.4) is 0 Å². The SMILES string of the molecule is CCCOc1ccc(C(=O)OC(C)C(=O)Nc2cc([N+](=O)[O-])ccc2Cl)cc1OCC. The molecule has 1 N–H and O–H groups in total. The molecule has 1 unspecified atom stereocenters. The first-order chi connectivity index (χ1) is 14.8. The van der Waals surface area contributed by atoms with Crippen molar-refractivity contribution in [2.75, 3.05) is 18.5 Å². The third-order valence-electron chi connectivity index (χ3n) is 4.01. The number of rotatable bonds is 10. The molecule has 0 aliphatic heterocycles. The maximum atomic E-state index is 12.5. The van der Waals surface area contributed by atoms with Gasteiger partial charge in [-0.25, -0.2) is 4.79 Å². The van der Waals surface area contributed by atoms with Gasteiger partial charge in [-0.2, -0.15) is 0 Å². The Kier molecular flexibility index (Phi) is 8.63. The third kappa shape index (κ3) is 6.58. The van der Waals surface area contributed by atoms with Crippen molar-refractivity contribution >= 4 is 34.9 Å². The molecule has 0 saturated heterocycles. The van der Waals surface area contributed by atoms with Crippen molar-refractivity contribution in [1.29, 1.82) is 0 Å². The second-order valence-corrected chi connectivity index (χ2v) is 6.81. The average molecular weight is 451 g/mol. The summed E-state index contributed by atoms with van der Waals surface area (Å²) in [6.45, 7) is 6.03. The first kappa shape index (κ1) is 23.9. The number of nitrogens with zero attached hydrogens (tertiary/aromatic N) is 1. The van der Waals surface area contributed by atoms with E-state index in [4.69, 9.17) is 25.8 Å². The molecule has 166 valence electrons. The number of anilines is 1. The number of amides is 1. The Morgan fingerprint density at radius 2 is 1.87 bits per heavy atom. The molecule has 0 aliphatic rings. The smallest absolute Gasteiger partial charge is 0.339 e. The fourth-order valence-electron chi connectivity index (χ4n) is 2.47. The summed E-state index contributed by atoms with van der Waals surface area (Å²) in [5.74, 6) is -0.531. The highest BCUT2D eigenvalue weighted by Gasteiger charge is 2.22. The standard InChI is InChI=1S/C21H23ClN2O7/c1-4-10-30-18-9-6-14(11-19(18)29-5-2)21(26)31-13(3)20(25)23-17-12-15(24(27)28)7-8-16(17)22/h6-9,11-13H,4-5,10H2,1-3H3,(H,23,25). The molecule has 0 heterocycles. The van der Waals surface area contributed by atoms with Crippen LogP contribution in [0.25, 0.3) is 0 Å². The van der Waals surface area contributed by atoms with Gasteiger partial charge in [-0.1, -0.05) is 18.5 Å². The third-order valence-corrected chi connectivity index (χ3v) is 4.34. The topological polar surface area (TPSA) is 117 Å². The van der Waals surface area contributed by atoms with Crippen molar-refractivity contribution < 1.29 is 28.7 Å². The van der Waals surface area contributed by atoms with Gasteiger partial charge in [-0.3, -0.25) is 14.9 Å². The molecule has 2 aromatic carbocycles. The minimum atomic E-state index is -1.19. The van der Waals surface area contributed by atoms with E-state index < -0.39 is 22.9 Å². The second kappa shape index (κ2) is 11.2. The van der Waals surface area contributed by atoms with Gasteiger partial charge in [0.15, 0.2) is 17.6 Å². The molecule has 9 nitrogen and oxygen atoms in total. The van der Waals surface area contributed by atoms with Crippen molar-refractivity contribution in [2.45, 2.75) is 33.3 Å². The maximum absolute atomic E-state index is 12.5. The molecular weight excluding hydrogens is 428 g/mol. The highest BCUT2D eigenvalue weighted by molar-refractivity contribution is 6.33. The molecule has 2 aromatic rings. The van der Waals surface area contributed by atoms with Crippen LogP contribution in [-0.4, -0.2) is 36.1 Å². The van der Waals surface area contributed by atoms with E-state index in [0.717, 1.165) is 12.5 Å². The van der Waals surface area contributed by atoms with Gasteiger partial charge in [0.2, 0.25) is 0 Å². The van der Waals surface area contributed by atoms with Crippen LogP contribution in [0.2, 0.25) is 5.02 Å². The Bertz CT molecular complexity index is 965. The maximum Gasteiger partial charge on any atom is 0.339 e. The van der Waals surface area contributed by atoms with Crippen molar-refractivity contribution in [3.05, 3.63) is 57.1 Å². The van der Waals surface area contributed by atoms with Crippen LogP contribution in [0.4, 0.5) is 11.4 Å². The summed E-state index contributed by atoms with van der Waals surface area (Å²) in [5, 5.41) is 13.4.